The fourth-order valence-corrected chi connectivity index (χ4v) is 8.35. The molecule has 7 aromatic carbocycles. The van der Waals surface area contributed by atoms with E-state index in [0.29, 0.717) is 21.3 Å². The summed E-state index contributed by atoms with van der Waals surface area (Å²) in [5.74, 6) is 1.21. The van der Waals surface area contributed by atoms with Crippen LogP contribution in [0.15, 0.2) is 166 Å². The van der Waals surface area contributed by atoms with Crippen LogP contribution in [0.1, 0.15) is 0 Å². The topological polar surface area (TPSA) is 44.4 Å². The minimum Gasteiger partial charge on any atom is -0.455 e. The van der Waals surface area contributed by atoms with Crippen LogP contribution in [-0.4, -0.2) is 8.78 Å². The Morgan fingerprint density at radius 1 is 0.511 bits per heavy atom. The lowest BCUT2D eigenvalue weighted by Gasteiger charge is -2.22. The van der Waals surface area contributed by atoms with Crippen molar-refractivity contribution in [2.75, 3.05) is 0 Å². The smallest absolute Gasteiger partial charge is 0.151 e. The van der Waals surface area contributed by atoms with E-state index in [0.717, 1.165) is 49.8 Å². The van der Waals surface area contributed by atoms with E-state index in [1.54, 1.807) is 0 Å². The molecule has 47 heavy (non-hydrogen) atoms. The maximum Gasteiger partial charge on any atom is 0.151 e. The van der Waals surface area contributed by atoms with Gasteiger partial charge in [0.05, 0.1) is 31.6 Å². The molecule has 1 atom stereocenters. The molecule has 9 aromatic rings. The van der Waals surface area contributed by atoms with Gasteiger partial charge in [-0.15, -0.1) is 0 Å². The zero-order valence-electron chi connectivity index (χ0n) is 25.0. The molecule has 1 unspecified atom stereocenters. The second-order valence-electron chi connectivity index (χ2n) is 11.9. The van der Waals surface area contributed by atoms with E-state index >= 15 is 0 Å². The van der Waals surface area contributed by atoms with Crippen molar-refractivity contribution in [3.8, 4) is 39.4 Å². The Hall–Kier alpha value is -5.91. The molecule has 0 saturated carbocycles. The molecule has 4 nitrogen and oxygen atoms in total. The Balaban J connectivity index is 1.28. The second-order valence-corrected chi connectivity index (χ2v) is 13.3. The van der Waals surface area contributed by atoms with E-state index < -0.39 is 10.8 Å². The average molecular weight is 624 g/mol. The summed E-state index contributed by atoms with van der Waals surface area (Å²) >= 11 is 0. The van der Waals surface area contributed by atoms with Crippen molar-refractivity contribution in [2.24, 2.45) is 0 Å². The first kappa shape index (κ1) is 26.3. The molecule has 1 aliphatic rings. The predicted octanol–water partition coefficient (Wildman–Crippen LogP) is 11.3. The number of nitrogens with zero attached hydrogens (tertiary/aromatic N) is 1. The maximum absolute atomic E-state index is 13.8. The van der Waals surface area contributed by atoms with Gasteiger partial charge >= 0.3 is 0 Å². The van der Waals surface area contributed by atoms with Crippen LogP contribution in [0.25, 0.3) is 71.7 Å². The highest BCUT2D eigenvalue weighted by molar-refractivity contribution is 7.85. The third-order valence-corrected chi connectivity index (χ3v) is 10.7. The minimum atomic E-state index is -1.37. The highest BCUT2D eigenvalue weighted by atomic mass is 32.2. The molecule has 0 radical (unpaired) electrons. The number of aromatic nitrogens is 1. The highest BCUT2D eigenvalue weighted by Crippen LogP contribution is 2.48. The van der Waals surface area contributed by atoms with Gasteiger partial charge in [0.15, 0.2) is 5.75 Å². The molecule has 5 heteroatoms. The third-order valence-electron chi connectivity index (χ3n) is 9.23. The fourth-order valence-electron chi connectivity index (χ4n) is 7.10. The summed E-state index contributed by atoms with van der Waals surface area (Å²) in [6.45, 7) is 0. The van der Waals surface area contributed by atoms with Crippen molar-refractivity contribution in [1.29, 1.82) is 0 Å². The zero-order valence-corrected chi connectivity index (χ0v) is 25.8. The van der Waals surface area contributed by atoms with Crippen LogP contribution >= 0.6 is 0 Å². The molecule has 0 fully saturated rings. The van der Waals surface area contributed by atoms with Crippen molar-refractivity contribution in [3.63, 3.8) is 0 Å². The summed E-state index contributed by atoms with van der Waals surface area (Å²) in [7, 11) is -1.37. The molecule has 0 amide bonds. The van der Waals surface area contributed by atoms with Crippen molar-refractivity contribution < 1.29 is 13.4 Å². The molecule has 0 saturated heterocycles. The highest BCUT2D eigenvalue weighted by Gasteiger charge is 2.28. The molecule has 3 heterocycles. The van der Waals surface area contributed by atoms with E-state index in [1.807, 2.05) is 66.7 Å². The van der Waals surface area contributed by atoms with Gasteiger partial charge in [0, 0.05) is 38.4 Å². The average Bonchev–Trinajstić information content (AvgIpc) is 3.67. The predicted molar refractivity (Wildman–Crippen MR) is 190 cm³/mol. The first-order chi connectivity index (χ1) is 23.2. The molecule has 222 valence electrons. The SMILES string of the molecule is O=S1c2ccccc2Oc2c(-c3cc(-n4c5ccccc5c5cc(-c6ccccc6)ccc54)cc4c3oc3ccccc34)cccc21. The van der Waals surface area contributed by atoms with Gasteiger partial charge in [-0.25, -0.2) is 4.21 Å². The molecular formula is C42H25NO3S. The fraction of sp³-hybridized carbons (Fsp3) is 0. The Morgan fingerprint density at radius 2 is 1.26 bits per heavy atom. The van der Waals surface area contributed by atoms with Crippen molar-refractivity contribution in [2.45, 2.75) is 9.79 Å². The summed E-state index contributed by atoms with van der Waals surface area (Å²) in [6.07, 6.45) is 0. The number of rotatable bonds is 3. The Labute approximate surface area is 272 Å². The number of para-hydroxylation sites is 4. The van der Waals surface area contributed by atoms with E-state index in [2.05, 4.69) is 89.5 Å². The molecule has 10 rings (SSSR count). The number of furan rings is 1. The van der Waals surface area contributed by atoms with Gasteiger partial charge in [-0.05, 0) is 65.7 Å². The standard InChI is InChI=1S/C42H25NO3S/c44-47-39-19-9-8-18-38(39)46-42-31(15-10-20-40(42)47)34-25-28(24-33-30-14-5-7-17-37(30)45-41(33)34)43-35-16-6-4-13-29(35)32-23-27(21-22-36(32)43)26-11-2-1-3-12-26/h1-25H. The van der Waals surface area contributed by atoms with E-state index in [-0.39, 0.29) is 0 Å². The van der Waals surface area contributed by atoms with Gasteiger partial charge in [0.25, 0.3) is 0 Å². The van der Waals surface area contributed by atoms with Crippen LogP contribution in [0.5, 0.6) is 11.5 Å². The summed E-state index contributed by atoms with van der Waals surface area (Å²) in [4.78, 5) is 1.33. The number of benzene rings is 7. The number of hydrogen-bond acceptors (Lipinski definition) is 3. The van der Waals surface area contributed by atoms with Crippen molar-refractivity contribution >= 4 is 54.5 Å². The Kier molecular flexibility index (Phi) is 5.63. The van der Waals surface area contributed by atoms with Gasteiger partial charge in [0.1, 0.15) is 16.9 Å². The molecule has 1 aliphatic heterocycles. The minimum absolute atomic E-state index is 0.596. The Bertz CT molecular complexity index is 2740. The van der Waals surface area contributed by atoms with Gasteiger partial charge in [0.2, 0.25) is 0 Å². The first-order valence-corrected chi connectivity index (χ1v) is 16.7. The van der Waals surface area contributed by atoms with Crippen LogP contribution < -0.4 is 4.74 Å². The molecule has 0 spiro atoms. The Morgan fingerprint density at radius 3 is 2.17 bits per heavy atom. The van der Waals surface area contributed by atoms with Crippen LogP contribution in [0.2, 0.25) is 0 Å². The molecule has 0 bridgehead atoms. The van der Waals surface area contributed by atoms with Crippen molar-refractivity contribution in [3.05, 3.63) is 152 Å². The quantitative estimate of drug-likeness (QED) is 0.197. The van der Waals surface area contributed by atoms with E-state index in [9.17, 15) is 4.21 Å². The summed E-state index contributed by atoms with van der Waals surface area (Å²) in [6, 6.07) is 51.8. The second kappa shape index (κ2) is 10.0. The molecular weight excluding hydrogens is 599 g/mol. The normalized spacial score (nSPS) is 14.0. The summed E-state index contributed by atoms with van der Waals surface area (Å²) < 4.78 is 29.3. The molecule has 2 aromatic heterocycles. The van der Waals surface area contributed by atoms with Gasteiger partial charge in [-0.2, -0.15) is 0 Å². The van der Waals surface area contributed by atoms with Crippen LogP contribution in [0, 0.1) is 0 Å². The lowest BCUT2D eigenvalue weighted by Crippen LogP contribution is -2.06. The lowest BCUT2D eigenvalue weighted by atomic mass is 10.00. The van der Waals surface area contributed by atoms with E-state index in [4.69, 9.17) is 9.15 Å². The lowest BCUT2D eigenvalue weighted by molar-refractivity contribution is 0.452. The van der Waals surface area contributed by atoms with Crippen LogP contribution in [0.3, 0.4) is 0 Å². The zero-order chi connectivity index (χ0) is 31.1. The van der Waals surface area contributed by atoms with Gasteiger partial charge in [-0.1, -0.05) is 97.1 Å². The molecule has 0 aliphatic carbocycles. The summed E-state index contributed by atoms with van der Waals surface area (Å²) in [5.41, 5.74) is 8.91. The summed E-state index contributed by atoms with van der Waals surface area (Å²) in [5, 5.41) is 4.42. The monoisotopic (exact) mass is 623 g/mol. The first-order valence-electron chi connectivity index (χ1n) is 15.6. The van der Waals surface area contributed by atoms with Gasteiger partial charge < -0.3 is 13.7 Å². The molecule has 0 N–H and O–H groups in total. The number of hydrogen-bond donors (Lipinski definition) is 0. The third kappa shape index (κ3) is 3.90. The van der Waals surface area contributed by atoms with Gasteiger partial charge in [-0.3, -0.25) is 0 Å². The number of fused-ring (bicyclic) bond motifs is 8. The largest absolute Gasteiger partial charge is 0.455 e. The van der Waals surface area contributed by atoms with Crippen molar-refractivity contribution in [1.82, 2.24) is 4.57 Å². The van der Waals surface area contributed by atoms with E-state index in [1.165, 1.54) is 21.9 Å². The number of ether oxygens (including phenoxy) is 1. The van der Waals surface area contributed by atoms with Crippen LogP contribution in [-0.2, 0) is 10.8 Å². The maximum atomic E-state index is 13.8. The van der Waals surface area contributed by atoms with Crippen LogP contribution in [0.4, 0.5) is 0 Å².